The molecule has 2 aliphatic rings. The van der Waals surface area contributed by atoms with Gasteiger partial charge in [0.1, 0.15) is 16.4 Å². The van der Waals surface area contributed by atoms with Gasteiger partial charge in [0.25, 0.3) is 15.9 Å². The van der Waals surface area contributed by atoms with E-state index in [-0.39, 0.29) is 40.6 Å². The van der Waals surface area contributed by atoms with Crippen LogP contribution in [0.4, 0.5) is 5.82 Å². The first kappa shape index (κ1) is 25.5. The second kappa shape index (κ2) is 12.0. The van der Waals surface area contributed by atoms with E-state index >= 15 is 0 Å². The van der Waals surface area contributed by atoms with Crippen molar-refractivity contribution >= 4 is 39.2 Å². The molecule has 2 heterocycles. The lowest BCUT2D eigenvalue weighted by Gasteiger charge is -2.23. The number of nitrogens with zero attached hydrogens (tertiary/aromatic N) is 3. The Balaban J connectivity index is 1.51. The molecule has 1 N–H and O–H groups in total. The number of rotatable bonds is 11. The third-order valence-corrected chi connectivity index (χ3v) is 9.55. The molecule has 2 aromatic carbocycles. The predicted octanol–water partition coefficient (Wildman–Crippen LogP) is 6.49. The minimum atomic E-state index is -4.20. The van der Waals surface area contributed by atoms with Crippen molar-refractivity contribution < 1.29 is 26.6 Å². The average molecular weight is 602 g/mol. The topological polar surface area (TPSA) is 114 Å². The van der Waals surface area contributed by atoms with E-state index in [0.717, 1.165) is 49.9 Å². The van der Waals surface area contributed by atoms with Gasteiger partial charge in [-0.2, -0.15) is 0 Å². The number of ether oxygens (including phenoxy) is 1. The van der Waals surface area contributed by atoms with Crippen LogP contribution in [-0.2, 0) is 32.7 Å². The number of aryl methyl sites for hydroxylation is 1. The van der Waals surface area contributed by atoms with Crippen LogP contribution in [0.2, 0.25) is 5.02 Å². The highest BCUT2D eigenvalue weighted by Crippen LogP contribution is 2.40. The summed E-state index contributed by atoms with van der Waals surface area (Å²) in [6, 6.07) is 11.6. The molecule has 1 amide bonds. The summed E-state index contributed by atoms with van der Waals surface area (Å²) in [5, 5.41) is 3.74. The molecule has 0 saturated heterocycles. The van der Waals surface area contributed by atoms with Gasteiger partial charge < -0.3 is 9.26 Å². The molecule has 3 aromatic rings. The van der Waals surface area contributed by atoms with Crippen LogP contribution < -0.4 is 4.72 Å². The number of amidine groups is 1. The molecule has 218 valence electrons. The van der Waals surface area contributed by atoms with Crippen LogP contribution >= 0.6 is 11.6 Å². The molecule has 1 aliphatic heterocycles. The maximum Gasteiger partial charge on any atom is 0.263 e. The lowest BCUT2D eigenvalue weighted by molar-refractivity contribution is -0.131. The van der Waals surface area contributed by atoms with Crippen molar-refractivity contribution in [1.29, 1.82) is 0 Å². The lowest BCUT2D eigenvalue weighted by atomic mass is 9.96. The van der Waals surface area contributed by atoms with Crippen molar-refractivity contribution in [3.63, 3.8) is 0 Å². The maximum atomic E-state index is 13.7. The SMILES string of the molecule is [2H]C([2H])([2H])OCc1cc(CN2C(=O)C3(CCCC3)N=C2CCCC)ccc1-c1ccccc1S(=O)(=O)Nc1noc(C)c1Cl. The summed E-state index contributed by atoms with van der Waals surface area (Å²) in [5.41, 5.74) is 1.29. The third-order valence-electron chi connectivity index (χ3n) is 7.71. The number of halogens is 1. The van der Waals surface area contributed by atoms with E-state index in [1.54, 1.807) is 42.2 Å². The van der Waals surface area contributed by atoms with Crippen LogP contribution in [0.25, 0.3) is 11.1 Å². The molecule has 0 unspecified atom stereocenters. The zero-order valence-electron chi connectivity index (χ0n) is 26.1. The van der Waals surface area contributed by atoms with Gasteiger partial charge in [-0.05, 0) is 48.9 Å². The van der Waals surface area contributed by atoms with E-state index in [1.165, 1.54) is 6.07 Å². The van der Waals surface area contributed by atoms with Crippen molar-refractivity contribution in [2.45, 2.75) is 82.4 Å². The number of methoxy groups -OCH3 is 1. The first-order chi connectivity index (χ1) is 20.8. The van der Waals surface area contributed by atoms with Crippen molar-refractivity contribution in [2.75, 3.05) is 11.8 Å². The summed E-state index contributed by atoms with van der Waals surface area (Å²) in [5.74, 6) is 0.911. The maximum absolute atomic E-state index is 13.7. The normalized spacial score (nSPS) is 17.9. The molecule has 5 rings (SSSR count). The Bertz CT molecular complexity index is 1680. The Hall–Kier alpha value is -3.21. The summed E-state index contributed by atoms with van der Waals surface area (Å²) in [4.78, 5) is 20.3. The predicted molar refractivity (Wildman–Crippen MR) is 158 cm³/mol. The Labute approximate surface area is 250 Å². The Morgan fingerprint density at radius 1 is 1.20 bits per heavy atom. The summed E-state index contributed by atoms with van der Waals surface area (Å²) in [6.07, 6.45) is 6.00. The first-order valence-corrected chi connectivity index (χ1v) is 15.6. The quantitative estimate of drug-likeness (QED) is 0.268. The van der Waals surface area contributed by atoms with Crippen molar-refractivity contribution in [1.82, 2.24) is 10.1 Å². The van der Waals surface area contributed by atoms with E-state index in [1.807, 2.05) is 6.07 Å². The van der Waals surface area contributed by atoms with Crippen molar-refractivity contribution in [2.24, 2.45) is 4.99 Å². The molecular weight excluding hydrogens is 564 g/mol. The second-order valence-corrected chi connectivity index (χ2v) is 12.6. The number of hydrogen-bond acceptors (Lipinski definition) is 7. The van der Waals surface area contributed by atoms with Gasteiger partial charge in [0, 0.05) is 19.0 Å². The highest BCUT2D eigenvalue weighted by Gasteiger charge is 2.49. The number of hydrogen-bond donors (Lipinski definition) is 1. The van der Waals surface area contributed by atoms with Crippen molar-refractivity contribution in [3.8, 4) is 11.1 Å². The number of anilines is 1. The summed E-state index contributed by atoms with van der Waals surface area (Å²) in [7, 11) is -6.88. The number of nitrogens with one attached hydrogen (secondary N) is 1. The molecule has 0 atom stereocenters. The fourth-order valence-electron chi connectivity index (χ4n) is 5.62. The third kappa shape index (κ3) is 5.78. The number of unbranched alkanes of at least 4 members (excludes halogenated alkanes) is 1. The fourth-order valence-corrected chi connectivity index (χ4v) is 7.02. The average Bonchev–Trinajstić information content (AvgIpc) is 3.66. The number of carbonyl (C=O) groups is 1. The molecule has 0 radical (unpaired) electrons. The number of amides is 1. The highest BCUT2D eigenvalue weighted by molar-refractivity contribution is 7.92. The number of aromatic nitrogens is 1. The van der Waals surface area contributed by atoms with Gasteiger partial charge >= 0.3 is 0 Å². The number of aliphatic imine (C=N–C) groups is 1. The molecule has 1 spiro atoms. The van der Waals surface area contributed by atoms with Gasteiger partial charge in [0.05, 0.1) is 22.2 Å². The second-order valence-electron chi connectivity index (χ2n) is 10.5. The zero-order valence-corrected chi connectivity index (χ0v) is 24.6. The van der Waals surface area contributed by atoms with Gasteiger partial charge in [0.15, 0.2) is 5.76 Å². The molecule has 0 bridgehead atoms. The van der Waals surface area contributed by atoms with Crippen LogP contribution in [0, 0.1) is 6.92 Å². The Kier molecular flexibility index (Phi) is 7.43. The van der Waals surface area contributed by atoms with Gasteiger partial charge in [-0.25, -0.2) is 8.42 Å². The minimum absolute atomic E-state index is 0.00902. The molecule has 1 fully saturated rings. The lowest BCUT2D eigenvalue weighted by Crippen LogP contribution is -2.40. The molecule has 9 nitrogen and oxygen atoms in total. The molecular formula is C30H35ClN4O5S. The number of benzene rings is 2. The Morgan fingerprint density at radius 3 is 2.68 bits per heavy atom. The van der Waals surface area contributed by atoms with Gasteiger partial charge in [-0.15, -0.1) is 0 Å². The minimum Gasteiger partial charge on any atom is -0.380 e. The fraction of sp³-hybridized carbons (Fsp3) is 0.433. The van der Waals surface area contributed by atoms with E-state index in [4.69, 9.17) is 30.0 Å². The molecule has 1 saturated carbocycles. The van der Waals surface area contributed by atoms with Crippen LogP contribution in [0.5, 0.6) is 0 Å². The van der Waals surface area contributed by atoms with E-state index < -0.39 is 22.6 Å². The summed E-state index contributed by atoms with van der Waals surface area (Å²) >= 11 is 6.15. The number of carbonyl (C=O) groups excluding carboxylic acids is 1. The standard InChI is InChI=1S/C30H35ClN4O5S/c1-4-5-12-26-32-30(15-8-9-16-30)29(36)35(26)18-21-13-14-23(22(17-21)19-39-3)24-10-6-7-11-25(24)41(37,38)34-28-27(31)20(2)40-33-28/h6-7,10-11,13-14,17H,4-5,8-9,12,15-16,18-19H2,1-3H3,(H,33,34)/i3D3. The smallest absolute Gasteiger partial charge is 0.263 e. The van der Waals surface area contributed by atoms with E-state index in [2.05, 4.69) is 16.8 Å². The van der Waals surface area contributed by atoms with Crippen LogP contribution in [0.3, 0.4) is 0 Å². The van der Waals surface area contributed by atoms with Crippen LogP contribution in [0.15, 0.2) is 56.9 Å². The molecule has 1 aromatic heterocycles. The van der Waals surface area contributed by atoms with Crippen LogP contribution in [0.1, 0.15) is 72.9 Å². The summed E-state index contributed by atoms with van der Waals surface area (Å²) in [6.45, 7) is 3.60. The molecule has 1 aliphatic carbocycles. The highest BCUT2D eigenvalue weighted by atomic mass is 35.5. The number of sulfonamides is 1. The summed E-state index contributed by atoms with van der Waals surface area (Å²) < 4.78 is 62.4. The van der Waals surface area contributed by atoms with Gasteiger partial charge in [0.2, 0.25) is 5.82 Å². The van der Waals surface area contributed by atoms with E-state index in [0.29, 0.717) is 23.1 Å². The van der Waals surface area contributed by atoms with Gasteiger partial charge in [-0.1, -0.05) is 79.3 Å². The van der Waals surface area contributed by atoms with E-state index in [9.17, 15) is 13.2 Å². The molecule has 11 heteroatoms. The first-order valence-electron chi connectivity index (χ1n) is 15.2. The Morgan fingerprint density at radius 2 is 1.98 bits per heavy atom. The van der Waals surface area contributed by atoms with Crippen LogP contribution in [-0.4, -0.2) is 42.8 Å². The zero-order chi connectivity index (χ0) is 31.7. The van der Waals surface area contributed by atoms with Crippen molar-refractivity contribution in [3.05, 3.63) is 64.4 Å². The monoisotopic (exact) mass is 601 g/mol. The molecule has 41 heavy (non-hydrogen) atoms. The largest absolute Gasteiger partial charge is 0.380 e. The van der Waals surface area contributed by atoms with Gasteiger partial charge in [-0.3, -0.25) is 19.4 Å².